The maximum atomic E-state index is 13.8. The Morgan fingerprint density at radius 2 is 2.32 bits per heavy atom. The zero-order valence-corrected chi connectivity index (χ0v) is 10.7. The zero-order valence-electron chi connectivity index (χ0n) is 9.88. The Morgan fingerprint density at radius 3 is 3.00 bits per heavy atom. The fourth-order valence-corrected chi connectivity index (χ4v) is 2.19. The summed E-state index contributed by atoms with van der Waals surface area (Å²) in [6.07, 6.45) is 0. The fourth-order valence-electron chi connectivity index (χ4n) is 1.51. The van der Waals surface area contributed by atoms with E-state index < -0.39 is 17.5 Å². The zero-order chi connectivity index (χ0) is 14.0. The number of hydrogen-bond donors (Lipinski definition) is 2. The van der Waals surface area contributed by atoms with Gasteiger partial charge in [-0.1, -0.05) is 17.8 Å². The average molecular weight is 283 g/mol. The van der Waals surface area contributed by atoms with E-state index in [0.717, 1.165) is 21.9 Å². The maximum absolute atomic E-state index is 13.8. The number of aromatic nitrogens is 3. The smallest absolute Gasteiger partial charge is 0.348 e. The molecule has 0 spiro atoms. The minimum absolute atomic E-state index is 0.0478. The Morgan fingerprint density at radius 1 is 1.58 bits per heavy atom. The largest absolute Gasteiger partial charge is 0.481 e. The molecular weight excluding hydrogens is 273 g/mol. The summed E-state index contributed by atoms with van der Waals surface area (Å²) in [6.45, 7) is 1.76. The van der Waals surface area contributed by atoms with Crippen LogP contribution in [0.25, 0.3) is 5.69 Å². The molecule has 0 aliphatic heterocycles. The van der Waals surface area contributed by atoms with Crippen LogP contribution in [-0.4, -0.2) is 31.6 Å². The summed E-state index contributed by atoms with van der Waals surface area (Å²) in [7, 11) is 0. The van der Waals surface area contributed by atoms with Crippen LogP contribution in [0.15, 0.2) is 28.2 Å². The van der Waals surface area contributed by atoms with Crippen LogP contribution in [0.4, 0.5) is 4.39 Å². The number of halogens is 1. The highest BCUT2D eigenvalue weighted by Crippen LogP contribution is 2.20. The third-order valence-corrected chi connectivity index (χ3v) is 3.23. The van der Waals surface area contributed by atoms with E-state index in [9.17, 15) is 14.0 Å². The number of aryl methyl sites for hydroxylation is 1. The molecule has 1 heterocycles. The molecule has 1 aromatic heterocycles. The highest BCUT2D eigenvalue weighted by Gasteiger charge is 2.15. The predicted molar refractivity (Wildman–Crippen MR) is 67.2 cm³/mol. The summed E-state index contributed by atoms with van der Waals surface area (Å²) in [5.41, 5.74) is 0.211. The molecule has 2 aromatic rings. The molecule has 0 atom stereocenters. The number of thioether (sulfide) groups is 1. The standard InChI is InChI=1S/C11H10FN3O3S/c1-6-2-3-7(12)8(4-6)15-10(18)13-14-11(15)19-5-9(16)17/h2-4H,5H2,1H3,(H,13,18)(H,16,17). The number of nitrogens with zero attached hydrogens (tertiary/aromatic N) is 2. The van der Waals surface area contributed by atoms with E-state index in [-0.39, 0.29) is 16.6 Å². The van der Waals surface area contributed by atoms with Crippen molar-refractivity contribution < 1.29 is 14.3 Å². The van der Waals surface area contributed by atoms with Gasteiger partial charge in [0.1, 0.15) is 5.82 Å². The van der Waals surface area contributed by atoms with Crippen LogP contribution in [0.3, 0.4) is 0 Å². The van der Waals surface area contributed by atoms with Gasteiger partial charge < -0.3 is 5.11 Å². The minimum Gasteiger partial charge on any atom is -0.481 e. The molecule has 1 aromatic carbocycles. The number of aromatic amines is 1. The predicted octanol–water partition coefficient (Wildman–Crippen LogP) is 1.18. The Hall–Kier alpha value is -2.09. The minimum atomic E-state index is -1.04. The van der Waals surface area contributed by atoms with Crippen molar-refractivity contribution in [3.8, 4) is 5.69 Å². The summed E-state index contributed by atoms with van der Waals surface area (Å²) in [4.78, 5) is 22.2. The summed E-state index contributed by atoms with van der Waals surface area (Å²) in [5, 5.41) is 14.6. The van der Waals surface area contributed by atoms with Gasteiger partial charge in [-0.2, -0.15) is 0 Å². The highest BCUT2D eigenvalue weighted by molar-refractivity contribution is 7.99. The second-order valence-corrected chi connectivity index (χ2v) is 4.73. The van der Waals surface area contributed by atoms with Gasteiger partial charge in [-0.3, -0.25) is 4.79 Å². The number of carbonyl (C=O) groups is 1. The van der Waals surface area contributed by atoms with Crippen molar-refractivity contribution in [3.63, 3.8) is 0 Å². The number of aliphatic carboxylic acids is 1. The number of rotatable bonds is 4. The van der Waals surface area contributed by atoms with Crippen LogP contribution in [0, 0.1) is 12.7 Å². The first kappa shape index (κ1) is 13.3. The van der Waals surface area contributed by atoms with Crippen LogP contribution in [0.5, 0.6) is 0 Å². The van der Waals surface area contributed by atoms with Gasteiger partial charge in [-0.25, -0.2) is 18.9 Å². The lowest BCUT2D eigenvalue weighted by Crippen LogP contribution is -2.17. The van der Waals surface area contributed by atoms with E-state index in [2.05, 4.69) is 10.2 Å². The Labute approximate surface area is 111 Å². The van der Waals surface area contributed by atoms with E-state index in [1.54, 1.807) is 13.0 Å². The molecule has 0 aliphatic rings. The van der Waals surface area contributed by atoms with Crippen molar-refractivity contribution in [2.45, 2.75) is 12.1 Å². The van der Waals surface area contributed by atoms with Crippen molar-refractivity contribution in [1.82, 2.24) is 14.8 Å². The van der Waals surface area contributed by atoms with E-state index in [1.807, 2.05) is 0 Å². The second kappa shape index (κ2) is 5.27. The molecule has 2 rings (SSSR count). The van der Waals surface area contributed by atoms with Gasteiger partial charge in [0.2, 0.25) is 0 Å². The van der Waals surface area contributed by atoms with Crippen LogP contribution < -0.4 is 5.69 Å². The monoisotopic (exact) mass is 283 g/mol. The van der Waals surface area contributed by atoms with Crippen molar-refractivity contribution >= 4 is 17.7 Å². The normalized spacial score (nSPS) is 10.6. The molecule has 100 valence electrons. The van der Waals surface area contributed by atoms with E-state index >= 15 is 0 Å². The summed E-state index contributed by atoms with van der Waals surface area (Å²) in [6, 6.07) is 4.32. The van der Waals surface area contributed by atoms with E-state index in [1.165, 1.54) is 12.1 Å². The van der Waals surface area contributed by atoms with Gasteiger partial charge in [0, 0.05) is 0 Å². The van der Waals surface area contributed by atoms with E-state index in [4.69, 9.17) is 5.11 Å². The molecule has 0 bridgehead atoms. The first-order chi connectivity index (χ1) is 8.99. The van der Waals surface area contributed by atoms with Gasteiger partial charge in [0.25, 0.3) is 0 Å². The van der Waals surface area contributed by atoms with Crippen LogP contribution in [0.1, 0.15) is 5.56 Å². The molecule has 0 saturated heterocycles. The molecular formula is C11H10FN3O3S. The average Bonchev–Trinajstić information content (AvgIpc) is 2.71. The Balaban J connectivity index is 2.49. The quantitative estimate of drug-likeness (QED) is 0.823. The molecule has 2 N–H and O–H groups in total. The summed E-state index contributed by atoms with van der Waals surface area (Å²) >= 11 is 0.840. The third kappa shape index (κ3) is 2.84. The van der Waals surface area contributed by atoms with Gasteiger partial charge in [0.15, 0.2) is 5.16 Å². The molecule has 6 nitrogen and oxygen atoms in total. The number of carboxylic acid groups (broad SMARTS) is 1. The molecule has 19 heavy (non-hydrogen) atoms. The molecule has 0 unspecified atom stereocenters. The summed E-state index contributed by atoms with van der Waals surface area (Å²) in [5.74, 6) is -1.89. The number of H-pyrrole nitrogens is 1. The maximum Gasteiger partial charge on any atom is 0.348 e. The topological polar surface area (TPSA) is 88.0 Å². The van der Waals surface area contributed by atoms with Crippen molar-refractivity contribution in [3.05, 3.63) is 40.1 Å². The molecule has 0 amide bonds. The third-order valence-electron chi connectivity index (χ3n) is 2.31. The SMILES string of the molecule is Cc1ccc(F)c(-n2c(SCC(=O)O)n[nH]c2=O)c1. The second-order valence-electron chi connectivity index (χ2n) is 3.78. The number of benzene rings is 1. The number of carboxylic acids is 1. The van der Waals surface area contributed by atoms with Crippen molar-refractivity contribution in [2.75, 3.05) is 5.75 Å². The number of hydrogen-bond acceptors (Lipinski definition) is 4. The molecule has 0 radical (unpaired) electrons. The highest BCUT2D eigenvalue weighted by atomic mass is 32.2. The lowest BCUT2D eigenvalue weighted by atomic mass is 10.2. The van der Waals surface area contributed by atoms with E-state index in [0.29, 0.717) is 0 Å². The molecule has 0 saturated carbocycles. The van der Waals surface area contributed by atoms with Crippen LogP contribution >= 0.6 is 11.8 Å². The Bertz CT molecular complexity index is 680. The molecule has 8 heteroatoms. The number of nitrogens with one attached hydrogen (secondary N) is 1. The van der Waals surface area contributed by atoms with Crippen LogP contribution in [0.2, 0.25) is 0 Å². The van der Waals surface area contributed by atoms with Gasteiger partial charge in [-0.05, 0) is 24.6 Å². The van der Waals surface area contributed by atoms with Gasteiger partial charge in [0.05, 0.1) is 11.4 Å². The first-order valence-electron chi connectivity index (χ1n) is 5.27. The van der Waals surface area contributed by atoms with Crippen molar-refractivity contribution in [1.29, 1.82) is 0 Å². The first-order valence-corrected chi connectivity index (χ1v) is 6.26. The van der Waals surface area contributed by atoms with Crippen molar-refractivity contribution in [2.24, 2.45) is 0 Å². The van der Waals surface area contributed by atoms with Gasteiger partial charge in [-0.15, -0.1) is 5.10 Å². The Kier molecular flexibility index (Phi) is 3.70. The molecule has 0 aliphatic carbocycles. The lowest BCUT2D eigenvalue weighted by Gasteiger charge is -2.06. The summed E-state index contributed by atoms with van der Waals surface area (Å²) < 4.78 is 14.8. The van der Waals surface area contributed by atoms with Crippen LogP contribution in [-0.2, 0) is 4.79 Å². The molecule has 0 fully saturated rings. The lowest BCUT2D eigenvalue weighted by molar-refractivity contribution is -0.133. The van der Waals surface area contributed by atoms with Gasteiger partial charge >= 0.3 is 11.7 Å². The fraction of sp³-hybridized carbons (Fsp3) is 0.182.